The Bertz CT molecular complexity index is 333. The van der Waals surface area contributed by atoms with Crippen molar-refractivity contribution in [3.8, 4) is 0 Å². The molecule has 0 fully saturated rings. The summed E-state index contributed by atoms with van der Waals surface area (Å²) >= 11 is 0. The number of hydrogen-bond donors (Lipinski definition) is 0. The second-order valence-corrected chi connectivity index (χ2v) is 4.22. The second kappa shape index (κ2) is 4.18. The molecule has 14 heavy (non-hydrogen) atoms. The Morgan fingerprint density at radius 1 is 1.21 bits per heavy atom. The first-order valence-corrected chi connectivity index (χ1v) is 4.64. The number of nitrogens with zero attached hydrogens (tertiary/aromatic N) is 1. The van der Waals surface area contributed by atoms with Crippen LogP contribution in [-0.4, -0.2) is 12.1 Å². The van der Waals surface area contributed by atoms with Crippen LogP contribution in [0.3, 0.4) is 0 Å². The van der Waals surface area contributed by atoms with E-state index in [9.17, 15) is 4.79 Å². The Morgan fingerprint density at radius 3 is 2.29 bits per heavy atom. The van der Waals surface area contributed by atoms with Crippen LogP contribution < -0.4 is 0 Å². The first-order chi connectivity index (χ1) is 6.50. The molecular weight excluding hydrogens is 174 g/mol. The Balaban J connectivity index is 2.71. The van der Waals surface area contributed by atoms with Crippen molar-refractivity contribution in [1.29, 1.82) is 0 Å². The molecule has 0 saturated heterocycles. The van der Waals surface area contributed by atoms with E-state index >= 15 is 0 Å². The van der Waals surface area contributed by atoms with Gasteiger partial charge in [-0.1, -0.05) is 51.1 Å². The normalized spacial score (nSPS) is 11.9. The molecule has 2 heteroatoms. The van der Waals surface area contributed by atoms with Crippen molar-refractivity contribution in [2.45, 2.75) is 20.8 Å². The van der Waals surface area contributed by atoms with E-state index in [2.05, 4.69) is 4.99 Å². The van der Waals surface area contributed by atoms with Crippen molar-refractivity contribution in [3.63, 3.8) is 0 Å². The van der Waals surface area contributed by atoms with Crippen LogP contribution >= 0.6 is 0 Å². The third-order valence-electron chi connectivity index (χ3n) is 1.77. The minimum absolute atomic E-state index is 0.0960. The van der Waals surface area contributed by atoms with E-state index in [0.717, 1.165) is 5.56 Å². The largest absolute Gasteiger partial charge is 0.272 e. The van der Waals surface area contributed by atoms with Gasteiger partial charge in [-0.05, 0) is 5.56 Å². The van der Waals surface area contributed by atoms with Crippen molar-refractivity contribution >= 4 is 12.1 Å². The maximum absolute atomic E-state index is 11.4. The first-order valence-electron chi connectivity index (χ1n) is 4.64. The molecule has 1 aromatic rings. The highest BCUT2D eigenvalue weighted by Crippen LogP contribution is 2.14. The number of carbonyl (C=O) groups excluding carboxylic acids is 1. The smallest absolute Gasteiger partial charge is 0.251 e. The van der Waals surface area contributed by atoms with Crippen LogP contribution in [0.2, 0.25) is 0 Å². The van der Waals surface area contributed by atoms with Crippen molar-refractivity contribution in [1.82, 2.24) is 0 Å². The molecule has 0 aliphatic heterocycles. The quantitative estimate of drug-likeness (QED) is 0.624. The van der Waals surface area contributed by atoms with Gasteiger partial charge in [0.05, 0.1) is 0 Å². The van der Waals surface area contributed by atoms with Gasteiger partial charge < -0.3 is 0 Å². The molecule has 0 saturated carbocycles. The summed E-state index contributed by atoms with van der Waals surface area (Å²) in [7, 11) is 0. The zero-order valence-electron chi connectivity index (χ0n) is 8.82. The highest BCUT2D eigenvalue weighted by atomic mass is 16.1. The fourth-order valence-electron chi connectivity index (χ4n) is 0.866. The van der Waals surface area contributed by atoms with Gasteiger partial charge in [-0.15, -0.1) is 0 Å². The topological polar surface area (TPSA) is 29.4 Å². The van der Waals surface area contributed by atoms with Crippen LogP contribution in [0.1, 0.15) is 26.3 Å². The molecule has 0 aliphatic rings. The molecule has 0 spiro atoms. The van der Waals surface area contributed by atoms with E-state index in [1.54, 1.807) is 6.21 Å². The molecule has 1 amide bonds. The van der Waals surface area contributed by atoms with Gasteiger partial charge in [-0.2, -0.15) is 0 Å². The minimum Gasteiger partial charge on any atom is -0.272 e. The van der Waals surface area contributed by atoms with Crippen LogP contribution in [-0.2, 0) is 4.79 Å². The average Bonchev–Trinajstić information content (AvgIpc) is 2.14. The van der Waals surface area contributed by atoms with E-state index in [4.69, 9.17) is 0 Å². The van der Waals surface area contributed by atoms with Gasteiger partial charge >= 0.3 is 0 Å². The summed E-state index contributed by atoms with van der Waals surface area (Å²) in [6, 6.07) is 9.60. The average molecular weight is 189 g/mol. The van der Waals surface area contributed by atoms with Gasteiger partial charge in [0.25, 0.3) is 5.91 Å². The van der Waals surface area contributed by atoms with Crippen molar-refractivity contribution in [2.24, 2.45) is 10.4 Å². The molecule has 0 heterocycles. The van der Waals surface area contributed by atoms with Crippen LogP contribution in [0.5, 0.6) is 0 Å². The number of rotatable bonds is 1. The van der Waals surface area contributed by atoms with Gasteiger partial charge in [0.2, 0.25) is 0 Å². The highest BCUT2D eigenvalue weighted by molar-refractivity contribution is 5.94. The number of benzene rings is 1. The van der Waals surface area contributed by atoms with E-state index in [1.807, 2.05) is 51.1 Å². The standard InChI is InChI=1S/C12H15NO/c1-12(2,3)11(14)13-9-10-7-5-4-6-8-10/h4-9H,1-3H3. The molecule has 0 radical (unpaired) electrons. The van der Waals surface area contributed by atoms with Gasteiger partial charge in [0, 0.05) is 11.6 Å². The van der Waals surface area contributed by atoms with Crippen LogP contribution in [0.25, 0.3) is 0 Å². The predicted molar refractivity (Wildman–Crippen MR) is 58.5 cm³/mol. The van der Waals surface area contributed by atoms with Crippen molar-refractivity contribution in [3.05, 3.63) is 35.9 Å². The number of aliphatic imine (C=N–C) groups is 1. The van der Waals surface area contributed by atoms with Crippen LogP contribution in [0.4, 0.5) is 0 Å². The lowest BCUT2D eigenvalue weighted by Gasteiger charge is -2.11. The zero-order chi connectivity index (χ0) is 10.6. The number of carbonyl (C=O) groups is 1. The Hall–Kier alpha value is -1.44. The fourth-order valence-corrected chi connectivity index (χ4v) is 0.866. The lowest BCUT2D eigenvalue weighted by molar-refractivity contribution is -0.124. The molecule has 1 aromatic carbocycles. The maximum Gasteiger partial charge on any atom is 0.251 e. The van der Waals surface area contributed by atoms with Crippen molar-refractivity contribution in [2.75, 3.05) is 0 Å². The molecule has 74 valence electrons. The molecule has 1 rings (SSSR count). The van der Waals surface area contributed by atoms with Gasteiger partial charge in [0.1, 0.15) is 0 Å². The van der Waals surface area contributed by atoms with Gasteiger partial charge in [-0.3, -0.25) is 4.79 Å². The lowest BCUT2D eigenvalue weighted by Crippen LogP contribution is -2.17. The third-order valence-corrected chi connectivity index (χ3v) is 1.77. The fraction of sp³-hybridized carbons (Fsp3) is 0.333. The molecule has 0 atom stereocenters. The molecule has 0 aromatic heterocycles. The molecule has 0 bridgehead atoms. The molecule has 0 N–H and O–H groups in total. The first kappa shape index (κ1) is 10.6. The number of hydrogen-bond acceptors (Lipinski definition) is 1. The second-order valence-electron chi connectivity index (χ2n) is 4.22. The molecule has 0 aliphatic carbocycles. The van der Waals surface area contributed by atoms with Gasteiger partial charge in [-0.25, -0.2) is 4.99 Å². The maximum atomic E-state index is 11.4. The summed E-state index contributed by atoms with van der Waals surface area (Å²) < 4.78 is 0. The van der Waals surface area contributed by atoms with E-state index in [-0.39, 0.29) is 5.91 Å². The summed E-state index contributed by atoms with van der Waals surface area (Å²) in [5.74, 6) is -0.0960. The van der Waals surface area contributed by atoms with Crippen LogP contribution in [0.15, 0.2) is 35.3 Å². The molecule has 2 nitrogen and oxygen atoms in total. The van der Waals surface area contributed by atoms with Crippen LogP contribution in [0, 0.1) is 5.41 Å². The van der Waals surface area contributed by atoms with Gasteiger partial charge in [0.15, 0.2) is 0 Å². The summed E-state index contributed by atoms with van der Waals surface area (Å²) in [6.45, 7) is 5.58. The minimum atomic E-state index is -0.398. The molecule has 0 unspecified atom stereocenters. The molecular formula is C12H15NO. The monoisotopic (exact) mass is 189 g/mol. The summed E-state index contributed by atoms with van der Waals surface area (Å²) in [5, 5.41) is 0. The summed E-state index contributed by atoms with van der Waals surface area (Å²) in [5.41, 5.74) is 0.552. The van der Waals surface area contributed by atoms with E-state index in [1.165, 1.54) is 0 Å². The Kier molecular flexibility index (Phi) is 3.18. The predicted octanol–water partition coefficient (Wildman–Crippen LogP) is 2.68. The van der Waals surface area contributed by atoms with E-state index < -0.39 is 5.41 Å². The zero-order valence-corrected chi connectivity index (χ0v) is 8.82. The third kappa shape index (κ3) is 3.13. The summed E-state index contributed by atoms with van der Waals surface area (Å²) in [6.07, 6.45) is 1.60. The Morgan fingerprint density at radius 2 is 1.79 bits per heavy atom. The SMILES string of the molecule is CC(C)(C)C(=O)N=Cc1ccccc1. The summed E-state index contributed by atoms with van der Waals surface area (Å²) in [4.78, 5) is 15.3. The highest BCUT2D eigenvalue weighted by Gasteiger charge is 2.19. The Labute approximate surface area is 84.7 Å². The van der Waals surface area contributed by atoms with E-state index in [0.29, 0.717) is 0 Å². The number of amides is 1. The van der Waals surface area contributed by atoms with Crippen molar-refractivity contribution < 1.29 is 4.79 Å². The lowest BCUT2D eigenvalue weighted by atomic mass is 9.96.